The number of nitriles is 2. The zero-order valence-corrected chi connectivity index (χ0v) is 16.5. The fourth-order valence-corrected chi connectivity index (χ4v) is 2.43. The molecule has 0 atom stereocenters. The quantitative estimate of drug-likeness (QED) is 0.163. The molecule has 0 heterocycles. The average molecular weight is 434 g/mol. The van der Waals surface area contributed by atoms with E-state index in [0.717, 1.165) is 0 Å². The van der Waals surface area contributed by atoms with Crippen molar-refractivity contribution in [2.24, 2.45) is 0 Å². The number of phenols is 4. The van der Waals surface area contributed by atoms with E-state index in [1.165, 1.54) is 48.6 Å². The molecular weight excluding hydrogens is 416 g/mol. The molecule has 0 aliphatic heterocycles. The van der Waals surface area contributed by atoms with E-state index in [1.807, 2.05) is 0 Å². The van der Waals surface area contributed by atoms with Gasteiger partial charge >= 0.3 is 0 Å². The number of nitrogens with one attached hydrogen (secondary N) is 2. The number of hydrogen-bond acceptors (Lipinski definition) is 8. The molecule has 0 radical (unpaired) electrons. The van der Waals surface area contributed by atoms with Gasteiger partial charge in [0.2, 0.25) is 0 Å². The molecule has 0 aliphatic carbocycles. The van der Waals surface area contributed by atoms with Crippen molar-refractivity contribution in [3.63, 3.8) is 0 Å². The van der Waals surface area contributed by atoms with Crippen molar-refractivity contribution in [2.45, 2.75) is 0 Å². The lowest BCUT2D eigenvalue weighted by Gasteiger charge is -2.07. The smallest absolute Gasteiger partial charge is 0.262 e. The second kappa shape index (κ2) is 10.7. The molecule has 0 unspecified atom stereocenters. The van der Waals surface area contributed by atoms with Crippen molar-refractivity contribution in [3.05, 3.63) is 58.7 Å². The first-order valence-electron chi connectivity index (χ1n) is 9.09. The summed E-state index contributed by atoms with van der Waals surface area (Å²) in [4.78, 5) is 24.3. The number of carbonyl (C=O) groups excluding carboxylic acids is 2. The number of amides is 2. The van der Waals surface area contributed by atoms with E-state index in [4.69, 9.17) is 0 Å². The molecule has 2 amide bonds. The number of aromatic hydroxyl groups is 4. The molecule has 0 saturated carbocycles. The highest BCUT2D eigenvalue weighted by Gasteiger charge is 2.12. The first-order chi connectivity index (χ1) is 15.2. The van der Waals surface area contributed by atoms with Crippen LogP contribution in [-0.2, 0) is 9.59 Å². The lowest BCUT2D eigenvalue weighted by molar-refractivity contribution is -0.118. The molecule has 32 heavy (non-hydrogen) atoms. The topological polar surface area (TPSA) is 187 Å². The molecule has 162 valence electrons. The van der Waals surface area contributed by atoms with Gasteiger partial charge in [-0.3, -0.25) is 9.59 Å². The third-order valence-electron chi connectivity index (χ3n) is 4.05. The van der Waals surface area contributed by atoms with Crippen LogP contribution in [0, 0.1) is 22.7 Å². The summed E-state index contributed by atoms with van der Waals surface area (Å²) in [6, 6.07) is 11.1. The predicted octanol–water partition coefficient (Wildman–Crippen LogP) is 1.26. The maximum Gasteiger partial charge on any atom is 0.262 e. The SMILES string of the molecule is N#C/C(=C\c1ccc(O)c(O)c1)C(=O)NCCNC(=O)/C(C#N)=C/c1ccc(O)c(O)c1. The van der Waals surface area contributed by atoms with Crippen LogP contribution in [0.4, 0.5) is 0 Å². The Bertz CT molecular complexity index is 1090. The fraction of sp³-hybridized carbons (Fsp3) is 0.0909. The Hall–Kier alpha value is -4.96. The lowest BCUT2D eigenvalue weighted by atomic mass is 10.1. The van der Waals surface area contributed by atoms with E-state index in [-0.39, 0.29) is 35.7 Å². The standard InChI is InChI=1S/C22H18N4O6/c23-11-15(7-13-1-3-17(27)19(29)9-13)21(31)25-5-6-26-22(32)16(12-24)8-14-2-4-18(28)20(30)10-14/h1-4,7-10,27-30H,5-6H2,(H,25,31)(H,26,32)/b15-7+,16-8+. The molecule has 2 aromatic carbocycles. The molecule has 0 fully saturated rings. The molecule has 10 nitrogen and oxygen atoms in total. The zero-order chi connectivity index (χ0) is 23.7. The third kappa shape index (κ3) is 6.27. The Balaban J connectivity index is 1.93. The molecule has 0 aromatic heterocycles. The summed E-state index contributed by atoms with van der Waals surface area (Å²) in [7, 11) is 0. The van der Waals surface area contributed by atoms with Gasteiger partial charge in [0.1, 0.15) is 23.3 Å². The minimum atomic E-state index is -0.718. The van der Waals surface area contributed by atoms with Crippen LogP contribution in [0.3, 0.4) is 0 Å². The van der Waals surface area contributed by atoms with Crippen LogP contribution in [0.1, 0.15) is 11.1 Å². The maximum absolute atomic E-state index is 12.1. The molecule has 2 aromatic rings. The Morgan fingerprint density at radius 2 is 1.09 bits per heavy atom. The highest BCUT2D eigenvalue weighted by atomic mass is 16.3. The molecular formula is C22H18N4O6. The fourth-order valence-electron chi connectivity index (χ4n) is 2.43. The highest BCUT2D eigenvalue weighted by molar-refractivity contribution is 6.02. The van der Waals surface area contributed by atoms with Gasteiger partial charge in [-0.25, -0.2) is 0 Å². The van der Waals surface area contributed by atoms with Crippen molar-refractivity contribution in [1.82, 2.24) is 10.6 Å². The van der Waals surface area contributed by atoms with Gasteiger partial charge in [-0.1, -0.05) is 12.1 Å². The Labute approximate surface area is 182 Å². The normalized spacial score (nSPS) is 11.2. The van der Waals surface area contributed by atoms with Crippen LogP contribution in [-0.4, -0.2) is 45.3 Å². The van der Waals surface area contributed by atoms with E-state index in [2.05, 4.69) is 10.6 Å². The number of nitrogens with zero attached hydrogens (tertiary/aromatic N) is 2. The number of hydrogen-bond donors (Lipinski definition) is 6. The predicted molar refractivity (Wildman–Crippen MR) is 113 cm³/mol. The van der Waals surface area contributed by atoms with Gasteiger partial charge < -0.3 is 31.1 Å². The van der Waals surface area contributed by atoms with Crippen molar-refractivity contribution in [2.75, 3.05) is 13.1 Å². The van der Waals surface area contributed by atoms with Crippen LogP contribution in [0.25, 0.3) is 12.2 Å². The maximum atomic E-state index is 12.1. The van der Waals surface area contributed by atoms with Crippen LogP contribution in [0.2, 0.25) is 0 Å². The van der Waals surface area contributed by atoms with E-state index in [9.17, 15) is 40.5 Å². The average Bonchev–Trinajstić information content (AvgIpc) is 2.77. The Morgan fingerprint density at radius 1 is 0.719 bits per heavy atom. The second-order valence-corrected chi connectivity index (χ2v) is 6.35. The lowest BCUT2D eigenvalue weighted by Crippen LogP contribution is -2.35. The first kappa shape index (κ1) is 23.3. The largest absolute Gasteiger partial charge is 0.504 e. The van der Waals surface area contributed by atoms with Gasteiger partial charge in [0.15, 0.2) is 23.0 Å². The van der Waals surface area contributed by atoms with Gasteiger partial charge in [0.05, 0.1) is 0 Å². The summed E-state index contributed by atoms with van der Waals surface area (Å²) in [5.74, 6) is -2.91. The zero-order valence-electron chi connectivity index (χ0n) is 16.5. The summed E-state index contributed by atoms with van der Waals surface area (Å²) in [5.41, 5.74) is 0.131. The van der Waals surface area contributed by atoms with Gasteiger partial charge in [0, 0.05) is 13.1 Å². The van der Waals surface area contributed by atoms with Crippen molar-refractivity contribution in [1.29, 1.82) is 10.5 Å². The van der Waals surface area contributed by atoms with Crippen molar-refractivity contribution >= 4 is 24.0 Å². The Morgan fingerprint density at radius 3 is 1.41 bits per heavy atom. The van der Waals surface area contributed by atoms with Crippen LogP contribution >= 0.6 is 0 Å². The molecule has 0 saturated heterocycles. The summed E-state index contributed by atoms with van der Waals surface area (Å²) < 4.78 is 0. The van der Waals surface area contributed by atoms with Crippen LogP contribution < -0.4 is 10.6 Å². The van der Waals surface area contributed by atoms with E-state index in [0.29, 0.717) is 11.1 Å². The molecule has 10 heteroatoms. The highest BCUT2D eigenvalue weighted by Crippen LogP contribution is 2.26. The van der Waals surface area contributed by atoms with Gasteiger partial charge in [-0.05, 0) is 47.5 Å². The molecule has 0 bridgehead atoms. The molecule has 0 aliphatic rings. The molecule has 2 rings (SSSR count). The van der Waals surface area contributed by atoms with Gasteiger partial charge in [0.25, 0.3) is 11.8 Å². The number of carbonyl (C=O) groups is 2. The number of benzene rings is 2. The summed E-state index contributed by atoms with van der Waals surface area (Å²) >= 11 is 0. The van der Waals surface area contributed by atoms with Crippen LogP contribution in [0.15, 0.2) is 47.5 Å². The molecule has 6 N–H and O–H groups in total. The second-order valence-electron chi connectivity index (χ2n) is 6.35. The monoisotopic (exact) mass is 434 g/mol. The van der Waals surface area contributed by atoms with Crippen LogP contribution in [0.5, 0.6) is 23.0 Å². The first-order valence-corrected chi connectivity index (χ1v) is 9.09. The van der Waals surface area contributed by atoms with E-state index < -0.39 is 23.3 Å². The van der Waals surface area contributed by atoms with E-state index in [1.54, 1.807) is 12.1 Å². The Kier molecular flexibility index (Phi) is 7.81. The minimum Gasteiger partial charge on any atom is -0.504 e. The van der Waals surface area contributed by atoms with E-state index >= 15 is 0 Å². The minimum absolute atomic E-state index is 0.0386. The third-order valence-corrected chi connectivity index (χ3v) is 4.05. The van der Waals surface area contributed by atoms with Crippen molar-refractivity contribution < 1.29 is 30.0 Å². The molecule has 0 spiro atoms. The summed E-state index contributed by atoms with van der Waals surface area (Å²) in [5, 5.41) is 60.8. The number of phenolic OH excluding ortho intramolecular Hbond substituents is 4. The summed E-state index contributed by atoms with van der Waals surface area (Å²) in [6.45, 7) is -0.0771. The van der Waals surface area contributed by atoms with Crippen molar-refractivity contribution in [3.8, 4) is 35.1 Å². The van der Waals surface area contributed by atoms with Gasteiger partial charge in [-0.15, -0.1) is 0 Å². The summed E-state index contributed by atoms with van der Waals surface area (Å²) in [6.07, 6.45) is 2.44. The van der Waals surface area contributed by atoms with Gasteiger partial charge in [-0.2, -0.15) is 10.5 Å². The number of rotatable bonds is 7.